The van der Waals surface area contributed by atoms with Crippen LogP contribution in [0, 0.1) is 0 Å². The number of nitrogens with zero attached hydrogens (tertiary/aromatic N) is 5. The van der Waals surface area contributed by atoms with Gasteiger partial charge in [-0.2, -0.15) is 5.10 Å². The Bertz CT molecular complexity index is 588. The number of carbonyl (C=O) groups is 1. The van der Waals surface area contributed by atoms with Crippen LogP contribution in [-0.2, 0) is 24.3 Å². The molecule has 7 nitrogen and oxygen atoms in total. The van der Waals surface area contributed by atoms with Crippen molar-refractivity contribution in [3.63, 3.8) is 0 Å². The predicted octanol–water partition coefficient (Wildman–Crippen LogP) is 0.688. The molecule has 1 aliphatic heterocycles. The Morgan fingerprint density at radius 3 is 3.20 bits per heavy atom. The summed E-state index contributed by atoms with van der Waals surface area (Å²) in [4.78, 5) is 11.9. The highest BCUT2D eigenvalue weighted by Gasteiger charge is 2.22. The van der Waals surface area contributed by atoms with E-state index in [4.69, 9.17) is 0 Å². The Labute approximate surface area is 117 Å². The fraction of sp³-hybridized carbons (Fsp3) is 0.538. The first-order valence-electron chi connectivity index (χ1n) is 6.93. The van der Waals surface area contributed by atoms with Gasteiger partial charge in [-0.1, -0.05) is 0 Å². The zero-order valence-corrected chi connectivity index (χ0v) is 11.5. The summed E-state index contributed by atoms with van der Waals surface area (Å²) in [5.74, 6) is 1.88. The molecule has 0 aromatic carbocycles. The number of hydrogen-bond acceptors (Lipinski definition) is 4. The molecule has 0 spiro atoms. The maximum Gasteiger partial charge on any atom is 0.222 e. The second-order valence-corrected chi connectivity index (χ2v) is 5.04. The summed E-state index contributed by atoms with van der Waals surface area (Å²) in [5, 5.41) is 15.4. The van der Waals surface area contributed by atoms with Crippen molar-refractivity contribution in [3.05, 3.63) is 30.1 Å². The van der Waals surface area contributed by atoms with Crippen molar-refractivity contribution in [2.45, 2.75) is 45.3 Å². The van der Waals surface area contributed by atoms with Crippen molar-refractivity contribution in [2.75, 3.05) is 0 Å². The number of aromatic nitrogens is 5. The van der Waals surface area contributed by atoms with E-state index in [1.54, 1.807) is 10.9 Å². The van der Waals surface area contributed by atoms with Crippen LogP contribution in [0.3, 0.4) is 0 Å². The van der Waals surface area contributed by atoms with Gasteiger partial charge < -0.3 is 9.88 Å². The highest BCUT2D eigenvalue weighted by atomic mass is 16.1. The van der Waals surface area contributed by atoms with Crippen LogP contribution in [0.4, 0.5) is 0 Å². The lowest BCUT2D eigenvalue weighted by atomic mass is 10.3. The summed E-state index contributed by atoms with van der Waals surface area (Å²) >= 11 is 0. The van der Waals surface area contributed by atoms with Gasteiger partial charge in [0.2, 0.25) is 5.91 Å². The van der Waals surface area contributed by atoms with Crippen molar-refractivity contribution in [3.8, 4) is 0 Å². The quantitative estimate of drug-likeness (QED) is 0.870. The molecule has 0 radical (unpaired) electrons. The summed E-state index contributed by atoms with van der Waals surface area (Å²) in [6, 6.07) is 1.74. The third-order valence-corrected chi connectivity index (χ3v) is 3.53. The first-order chi connectivity index (χ1) is 9.74. The van der Waals surface area contributed by atoms with Crippen molar-refractivity contribution < 1.29 is 4.79 Å². The standard InChI is InChI=1S/C13H18N6O/c1-10(13-17-16-11-4-2-8-19(11)13)15-12(20)5-9-18-7-3-6-14-18/h3,6-7,10H,2,4-5,8-9H2,1H3,(H,15,20). The Hall–Kier alpha value is -2.18. The molecule has 1 amide bonds. The van der Waals surface area contributed by atoms with Crippen LogP contribution in [0.25, 0.3) is 0 Å². The molecule has 1 atom stereocenters. The Balaban J connectivity index is 1.55. The lowest BCUT2D eigenvalue weighted by Gasteiger charge is -2.13. The lowest BCUT2D eigenvalue weighted by molar-refractivity contribution is -0.122. The van der Waals surface area contributed by atoms with Gasteiger partial charge in [0.1, 0.15) is 5.82 Å². The third-order valence-electron chi connectivity index (χ3n) is 3.53. The number of nitrogens with one attached hydrogen (secondary N) is 1. The van der Waals surface area contributed by atoms with Gasteiger partial charge in [-0.15, -0.1) is 10.2 Å². The molecule has 3 rings (SSSR count). The Kier molecular flexibility index (Phi) is 3.49. The van der Waals surface area contributed by atoms with Gasteiger partial charge in [0.05, 0.1) is 6.04 Å². The molecule has 0 bridgehead atoms. The molecule has 0 saturated heterocycles. The van der Waals surface area contributed by atoms with E-state index in [0.717, 1.165) is 31.0 Å². The van der Waals surface area contributed by atoms with Gasteiger partial charge in [0, 0.05) is 38.3 Å². The average Bonchev–Trinajstić information content (AvgIpc) is 3.13. The molecular formula is C13H18N6O. The minimum Gasteiger partial charge on any atom is -0.346 e. The topological polar surface area (TPSA) is 77.6 Å². The molecule has 2 aromatic heterocycles. The van der Waals surface area contributed by atoms with E-state index >= 15 is 0 Å². The number of carbonyl (C=O) groups excluding carboxylic acids is 1. The minimum atomic E-state index is -0.112. The molecule has 1 N–H and O–H groups in total. The highest BCUT2D eigenvalue weighted by molar-refractivity contribution is 5.76. The number of amides is 1. The van der Waals surface area contributed by atoms with Crippen molar-refractivity contribution in [1.82, 2.24) is 29.9 Å². The first-order valence-corrected chi connectivity index (χ1v) is 6.93. The Morgan fingerprint density at radius 2 is 2.40 bits per heavy atom. The van der Waals surface area contributed by atoms with Crippen LogP contribution >= 0.6 is 0 Å². The van der Waals surface area contributed by atoms with E-state index in [-0.39, 0.29) is 11.9 Å². The zero-order chi connectivity index (χ0) is 13.9. The van der Waals surface area contributed by atoms with E-state index in [0.29, 0.717) is 13.0 Å². The molecule has 106 valence electrons. The fourth-order valence-electron chi connectivity index (χ4n) is 2.52. The van der Waals surface area contributed by atoms with E-state index in [1.165, 1.54) is 0 Å². The van der Waals surface area contributed by atoms with Gasteiger partial charge in [-0.3, -0.25) is 9.48 Å². The average molecular weight is 274 g/mol. The highest BCUT2D eigenvalue weighted by Crippen LogP contribution is 2.18. The van der Waals surface area contributed by atoms with Gasteiger partial charge in [0.25, 0.3) is 0 Å². The Morgan fingerprint density at radius 1 is 1.50 bits per heavy atom. The van der Waals surface area contributed by atoms with Crippen molar-refractivity contribution in [2.24, 2.45) is 0 Å². The van der Waals surface area contributed by atoms with Crippen LogP contribution in [0.1, 0.15) is 37.5 Å². The second-order valence-electron chi connectivity index (χ2n) is 5.04. The molecule has 1 unspecified atom stereocenters. The maximum absolute atomic E-state index is 11.9. The van der Waals surface area contributed by atoms with Gasteiger partial charge in [0.15, 0.2) is 5.82 Å². The van der Waals surface area contributed by atoms with Crippen LogP contribution in [0.2, 0.25) is 0 Å². The van der Waals surface area contributed by atoms with Crippen molar-refractivity contribution >= 4 is 5.91 Å². The number of aryl methyl sites for hydroxylation is 2. The van der Waals surface area contributed by atoms with Crippen LogP contribution < -0.4 is 5.32 Å². The molecule has 20 heavy (non-hydrogen) atoms. The monoisotopic (exact) mass is 274 g/mol. The van der Waals surface area contributed by atoms with Gasteiger partial charge >= 0.3 is 0 Å². The summed E-state index contributed by atoms with van der Waals surface area (Å²) in [5.41, 5.74) is 0. The molecule has 3 heterocycles. The number of hydrogen-bond donors (Lipinski definition) is 1. The number of rotatable bonds is 5. The molecule has 0 aliphatic carbocycles. The summed E-state index contributed by atoms with van der Waals surface area (Å²) in [7, 11) is 0. The molecule has 1 aliphatic rings. The molecule has 0 fully saturated rings. The fourth-order valence-corrected chi connectivity index (χ4v) is 2.52. The zero-order valence-electron chi connectivity index (χ0n) is 11.5. The van der Waals surface area contributed by atoms with Crippen LogP contribution in [0.15, 0.2) is 18.5 Å². The molecule has 2 aromatic rings. The summed E-state index contributed by atoms with van der Waals surface area (Å²) in [6.45, 7) is 3.48. The molecule has 0 saturated carbocycles. The van der Waals surface area contributed by atoms with E-state index < -0.39 is 0 Å². The van der Waals surface area contributed by atoms with Gasteiger partial charge in [-0.25, -0.2) is 0 Å². The SMILES string of the molecule is CC(NC(=O)CCn1cccn1)c1nnc2n1CCC2. The maximum atomic E-state index is 11.9. The van der Waals surface area contributed by atoms with Crippen LogP contribution in [-0.4, -0.2) is 30.5 Å². The largest absolute Gasteiger partial charge is 0.346 e. The predicted molar refractivity (Wildman–Crippen MR) is 71.7 cm³/mol. The van der Waals surface area contributed by atoms with Gasteiger partial charge in [-0.05, 0) is 19.4 Å². The lowest BCUT2D eigenvalue weighted by Crippen LogP contribution is -2.29. The third kappa shape index (κ3) is 2.56. The molecular weight excluding hydrogens is 256 g/mol. The summed E-state index contributed by atoms with van der Waals surface area (Å²) < 4.78 is 3.86. The van der Waals surface area contributed by atoms with E-state index in [1.807, 2.05) is 19.2 Å². The van der Waals surface area contributed by atoms with E-state index in [9.17, 15) is 4.79 Å². The van der Waals surface area contributed by atoms with Crippen molar-refractivity contribution in [1.29, 1.82) is 0 Å². The normalized spacial score (nSPS) is 15.1. The minimum absolute atomic E-state index is 0.00310. The van der Waals surface area contributed by atoms with Crippen LogP contribution in [0.5, 0.6) is 0 Å². The number of fused-ring (bicyclic) bond motifs is 1. The second kappa shape index (κ2) is 5.44. The van der Waals surface area contributed by atoms with E-state index in [2.05, 4.69) is 25.2 Å². The molecule has 7 heteroatoms. The smallest absolute Gasteiger partial charge is 0.222 e. The summed E-state index contributed by atoms with van der Waals surface area (Å²) in [6.07, 6.45) is 6.06. The first kappa shape index (κ1) is 12.8.